The molecule has 1 amide bonds. The number of nitrogens with zero attached hydrogens (tertiary/aromatic N) is 3. The summed E-state index contributed by atoms with van der Waals surface area (Å²) >= 11 is 0. The van der Waals surface area contributed by atoms with E-state index in [1.807, 2.05) is 6.07 Å². The SMILES string of the molecule is CN1CCN(Cc2ccc(F)c(C(=O)Nc3n[nH]c4ccc(Cc5cc(F)cc(F)c5)cc34)c2)CC1. The third-order valence-electron chi connectivity index (χ3n) is 6.47. The molecule has 0 saturated carbocycles. The number of carbonyl (C=O) groups excluding carboxylic acids is 1. The molecule has 0 spiro atoms. The maximum absolute atomic E-state index is 14.6. The number of fused-ring (bicyclic) bond motifs is 1. The molecule has 0 unspecified atom stereocenters. The van der Waals surface area contributed by atoms with Gasteiger partial charge in [0.2, 0.25) is 0 Å². The number of carbonyl (C=O) groups is 1. The molecule has 1 aromatic heterocycles. The van der Waals surface area contributed by atoms with E-state index >= 15 is 0 Å². The Morgan fingerprint density at radius 3 is 2.39 bits per heavy atom. The van der Waals surface area contributed by atoms with Crippen LogP contribution in [0.2, 0.25) is 0 Å². The predicted molar refractivity (Wildman–Crippen MR) is 132 cm³/mol. The zero-order valence-corrected chi connectivity index (χ0v) is 19.8. The largest absolute Gasteiger partial charge is 0.304 e. The van der Waals surface area contributed by atoms with Crippen molar-refractivity contribution in [2.45, 2.75) is 13.0 Å². The number of hydrogen-bond donors (Lipinski definition) is 2. The second-order valence-electron chi connectivity index (χ2n) is 9.25. The van der Waals surface area contributed by atoms with Crippen LogP contribution in [0.5, 0.6) is 0 Å². The molecule has 1 saturated heterocycles. The van der Waals surface area contributed by atoms with Crippen LogP contribution in [0.1, 0.15) is 27.0 Å². The number of H-pyrrole nitrogens is 1. The topological polar surface area (TPSA) is 64.3 Å². The van der Waals surface area contributed by atoms with Crippen LogP contribution in [0.3, 0.4) is 0 Å². The fraction of sp³-hybridized carbons (Fsp3) is 0.259. The first kappa shape index (κ1) is 24.0. The zero-order valence-electron chi connectivity index (χ0n) is 19.8. The van der Waals surface area contributed by atoms with E-state index in [1.165, 1.54) is 18.2 Å². The van der Waals surface area contributed by atoms with Crippen molar-refractivity contribution in [2.24, 2.45) is 0 Å². The van der Waals surface area contributed by atoms with E-state index in [9.17, 15) is 18.0 Å². The third-order valence-corrected chi connectivity index (χ3v) is 6.47. The molecule has 0 bridgehead atoms. The molecule has 0 radical (unpaired) electrons. The van der Waals surface area contributed by atoms with Crippen molar-refractivity contribution in [3.8, 4) is 0 Å². The van der Waals surface area contributed by atoms with Gasteiger partial charge < -0.3 is 10.2 Å². The van der Waals surface area contributed by atoms with Crippen LogP contribution in [0.15, 0.2) is 54.6 Å². The number of hydrogen-bond acceptors (Lipinski definition) is 4. The second kappa shape index (κ2) is 10.1. The Kier molecular flexibility index (Phi) is 6.75. The van der Waals surface area contributed by atoms with Crippen molar-refractivity contribution < 1.29 is 18.0 Å². The Balaban J connectivity index is 1.34. The number of rotatable bonds is 6. The number of anilines is 1. The summed E-state index contributed by atoms with van der Waals surface area (Å²) in [4.78, 5) is 17.5. The lowest BCUT2D eigenvalue weighted by molar-refractivity contribution is 0.102. The lowest BCUT2D eigenvalue weighted by Gasteiger charge is -2.32. The van der Waals surface area contributed by atoms with Gasteiger partial charge in [-0.05, 0) is 66.6 Å². The Morgan fingerprint density at radius 1 is 0.917 bits per heavy atom. The monoisotopic (exact) mass is 493 g/mol. The Bertz CT molecular complexity index is 1390. The number of amides is 1. The molecule has 0 aliphatic carbocycles. The Labute approximate surface area is 206 Å². The minimum atomic E-state index is -0.640. The average Bonchev–Trinajstić information content (AvgIpc) is 3.23. The average molecular weight is 494 g/mol. The number of nitrogens with one attached hydrogen (secondary N) is 2. The minimum absolute atomic E-state index is 0.0517. The van der Waals surface area contributed by atoms with Crippen molar-refractivity contribution in [3.63, 3.8) is 0 Å². The number of likely N-dealkylation sites (N-methyl/N-ethyl adjacent to an activating group) is 1. The molecule has 2 N–H and O–H groups in total. The molecule has 1 aliphatic rings. The van der Waals surface area contributed by atoms with Gasteiger partial charge >= 0.3 is 0 Å². The molecule has 1 fully saturated rings. The normalized spacial score (nSPS) is 14.9. The van der Waals surface area contributed by atoms with Gasteiger partial charge in [0.15, 0.2) is 5.82 Å². The lowest BCUT2D eigenvalue weighted by atomic mass is 10.0. The van der Waals surface area contributed by atoms with Crippen molar-refractivity contribution in [1.82, 2.24) is 20.0 Å². The van der Waals surface area contributed by atoms with Gasteiger partial charge in [0.05, 0.1) is 11.1 Å². The highest BCUT2D eigenvalue weighted by Crippen LogP contribution is 2.25. The molecule has 2 heterocycles. The number of aromatic amines is 1. The molecule has 5 rings (SSSR count). The molecule has 1 aliphatic heterocycles. The summed E-state index contributed by atoms with van der Waals surface area (Å²) in [5, 5.41) is 10.4. The highest BCUT2D eigenvalue weighted by molar-refractivity contribution is 6.08. The highest BCUT2D eigenvalue weighted by Gasteiger charge is 2.18. The molecule has 36 heavy (non-hydrogen) atoms. The van der Waals surface area contributed by atoms with Crippen LogP contribution in [-0.2, 0) is 13.0 Å². The summed E-state index contributed by atoms with van der Waals surface area (Å²) in [5.74, 6) is -2.23. The van der Waals surface area contributed by atoms with Gasteiger partial charge in [0.25, 0.3) is 5.91 Å². The highest BCUT2D eigenvalue weighted by atomic mass is 19.1. The lowest BCUT2D eigenvalue weighted by Crippen LogP contribution is -2.43. The van der Waals surface area contributed by atoms with Crippen LogP contribution in [-0.4, -0.2) is 59.1 Å². The zero-order chi connectivity index (χ0) is 25.2. The van der Waals surface area contributed by atoms with Crippen LogP contribution in [0, 0.1) is 17.5 Å². The number of piperazine rings is 1. The molecular formula is C27H26F3N5O. The summed E-state index contributed by atoms with van der Waals surface area (Å²) < 4.78 is 41.7. The third kappa shape index (κ3) is 5.42. The van der Waals surface area contributed by atoms with E-state index in [0.717, 1.165) is 43.4 Å². The van der Waals surface area contributed by atoms with Gasteiger partial charge in [0.1, 0.15) is 17.5 Å². The fourth-order valence-electron chi connectivity index (χ4n) is 4.50. The molecule has 186 valence electrons. The van der Waals surface area contributed by atoms with E-state index < -0.39 is 23.4 Å². The fourth-order valence-corrected chi connectivity index (χ4v) is 4.50. The number of benzene rings is 3. The second-order valence-corrected chi connectivity index (χ2v) is 9.25. The van der Waals surface area contributed by atoms with Crippen molar-refractivity contribution >= 4 is 22.6 Å². The van der Waals surface area contributed by atoms with Crippen molar-refractivity contribution in [2.75, 3.05) is 38.5 Å². The Hall–Kier alpha value is -3.69. The van der Waals surface area contributed by atoms with Gasteiger partial charge in [-0.1, -0.05) is 12.1 Å². The van der Waals surface area contributed by atoms with Crippen LogP contribution in [0.25, 0.3) is 10.9 Å². The van der Waals surface area contributed by atoms with Gasteiger partial charge in [-0.2, -0.15) is 5.10 Å². The van der Waals surface area contributed by atoms with E-state index in [1.54, 1.807) is 24.3 Å². The number of aromatic nitrogens is 2. The van der Waals surface area contributed by atoms with Crippen LogP contribution < -0.4 is 5.32 Å². The summed E-state index contributed by atoms with van der Waals surface area (Å²) in [6, 6.07) is 13.4. The molecular weight excluding hydrogens is 467 g/mol. The minimum Gasteiger partial charge on any atom is -0.304 e. The first-order valence-corrected chi connectivity index (χ1v) is 11.8. The van der Waals surface area contributed by atoms with E-state index in [4.69, 9.17) is 0 Å². The molecule has 3 aromatic carbocycles. The molecule has 6 nitrogen and oxygen atoms in total. The standard InChI is InChI=1S/C27H26F3N5O/c1-34-6-8-35(9-7-34)16-18-2-4-24(30)22(14-18)27(36)31-26-23-13-17(3-5-25(23)32-33-26)10-19-11-20(28)15-21(29)12-19/h2-5,11-15H,6-10,16H2,1H3,(H2,31,32,33,36). The predicted octanol–water partition coefficient (Wildman–Crippen LogP) is 4.57. The quantitative estimate of drug-likeness (QED) is 0.413. The maximum Gasteiger partial charge on any atom is 0.259 e. The summed E-state index contributed by atoms with van der Waals surface area (Å²) in [5.41, 5.74) is 2.75. The van der Waals surface area contributed by atoms with Gasteiger partial charge in [0, 0.05) is 44.2 Å². The summed E-state index contributed by atoms with van der Waals surface area (Å²) in [6.07, 6.45) is 0.298. The maximum atomic E-state index is 14.6. The molecule has 9 heteroatoms. The summed E-state index contributed by atoms with van der Waals surface area (Å²) in [7, 11) is 2.08. The smallest absolute Gasteiger partial charge is 0.259 e. The molecule has 0 atom stereocenters. The number of halogens is 3. The van der Waals surface area contributed by atoms with Gasteiger partial charge in [-0.3, -0.25) is 14.8 Å². The van der Waals surface area contributed by atoms with Gasteiger partial charge in [-0.15, -0.1) is 0 Å². The van der Waals surface area contributed by atoms with Crippen molar-refractivity contribution in [1.29, 1.82) is 0 Å². The first-order chi connectivity index (χ1) is 17.3. The van der Waals surface area contributed by atoms with Crippen molar-refractivity contribution in [3.05, 3.63) is 94.3 Å². The van der Waals surface area contributed by atoms with Crippen LogP contribution in [0.4, 0.5) is 19.0 Å². The van der Waals surface area contributed by atoms with Gasteiger partial charge in [-0.25, -0.2) is 13.2 Å². The van der Waals surface area contributed by atoms with Crippen LogP contribution >= 0.6 is 0 Å². The summed E-state index contributed by atoms with van der Waals surface area (Å²) in [6.45, 7) is 4.41. The van der Waals surface area contributed by atoms with E-state index in [-0.39, 0.29) is 11.4 Å². The molecule has 4 aromatic rings. The Morgan fingerprint density at radius 2 is 1.64 bits per heavy atom. The van der Waals surface area contributed by atoms with E-state index in [0.29, 0.717) is 29.4 Å². The van der Waals surface area contributed by atoms with E-state index in [2.05, 4.69) is 32.4 Å². The first-order valence-electron chi connectivity index (χ1n) is 11.8.